The molecule has 3 atom stereocenters. The quantitative estimate of drug-likeness (QED) is 0.877. The fourth-order valence-electron chi connectivity index (χ4n) is 2.63. The Kier molecular flexibility index (Phi) is 3.58. The molecule has 1 aromatic rings. The van der Waals surface area contributed by atoms with Crippen molar-refractivity contribution < 1.29 is 19.3 Å². The summed E-state index contributed by atoms with van der Waals surface area (Å²) in [6.45, 7) is 5.41. The van der Waals surface area contributed by atoms with Crippen LogP contribution in [-0.4, -0.2) is 36.8 Å². The van der Waals surface area contributed by atoms with Crippen LogP contribution in [0.25, 0.3) is 0 Å². The number of aliphatic hydroxyl groups is 1. The minimum absolute atomic E-state index is 0.126. The van der Waals surface area contributed by atoms with Crippen LogP contribution in [0, 0.1) is 0 Å². The molecule has 1 fully saturated rings. The third-order valence-electron chi connectivity index (χ3n) is 4.27. The maximum atomic E-state index is 10.5. The topological polar surface area (TPSA) is 60.0 Å². The summed E-state index contributed by atoms with van der Waals surface area (Å²) in [5.41, 5.74) is 0.342. The molecule has 0 aromatic heterocycles. The van der Waals surface area contributed by atoms with Gasteiger partial charge in [0.1, 0.15) is 5.60 Å². The summed E-state index contributed by atoms with van der Waals surface area (Å²) >= 11 is 0. The highest BCUT2D eigenvalue weighted by Crippen LogP contribution is 2.34. The first-order valence-corrected chi connectivity index (χ1v) is 7.05. The lowest BCUT2D eigenvalue weighted by atomic mass is 9.96. The van der Waals surface area contributed by atoms with E-state index >= 15 is 0 Å². The first-order chi connectivity index (χ1) is 9.58. The lowest BCUT2D eigenvalue weighted by Gasteiger charge is -2.28. The van der Waals surface area contributed by atoms with Crippen molar-refractivity contribution in [3.8, 4) is 11.5 Å². The molecule has 0 aliphatic carbocycles. The smallest absolute Gasteiger partial charge is 0.231 e. The number of fused-ring (bicyclic) bond motifs is 1. The van der Waals surface area contributed by atoms with E-state index in [-0.39, 0.29) is 18.9 Å². The molecule has 1 saturated heterocycles. The van der Waals surface area contributed by atoms with E-state index in [1.165, 1.54) is 0 Å². The van der Waals surface area contributed by atoms with Gasteiger partial charge in [-0.1, -0.05) is 6.07 Å². The largest absolute Gasteiger partial charge is 0.454 e. The van der Waals surface area contributed by atoms with E-state index in [1.54, 1.807) is 0 Å². The van der Waals surface area contributed by atoms with Gasteiger partial charge in [-0.3, -0.25) is 0 Å². The van der Waals surface area contributed by atoms with Crippen LogP contribution >= 0.6 is 0 Å². The Hall–Kier alpha value is -1.30. The Morgan fingerprint density at radius 2 is 2.20 bits per heavy atom. The van der Waals surface area contributed by atoms with Crippen LogP contribution in [0.15, 0.2) is 18.2 Å². The molecular weight excluding hydrogens is 258 g/mol. The van der Waals surface area contributed by atoms with Gasteiger partial charge in [-0.05, 0) is 31.5 Å². The number of hydrogen-bond acceptors (Lipinski definition) is 5. The van der Waals surface area contributed by atoms with E-state index in [2.05, 4.69) is 12.2 Å². The van der Waals surface area contributed by atoms with E-state index in [9.17, 15) is 5.11 Å². The minimum Gasteiger partial charge on any atom is -0.454 e. The molecule has 5 heteroatoms. The zero-order valence-corrected chi connectivity index (χ0v) is 11.9. The third-order valence-corrected chi connectivity index (χ3v) is 4.27. The minimum atomic E-state index is -0.773. The average Bonchev–Trinajstić information content (AvgIpc) is 3.03. The van der Waals surface area contributed by atoms with Crippen molar-refractivity contribution >= 4 is 0 Å². The molecule has 0 saturated carbocycles. The molecule has 2 heterocycles. The van der Waals surface area contributed by atoms with Crippen molar-refractivity contribution in [2.75, 3.05) is 19.9 Å². The van der Waals surface area contributed by atoms with Crippen molar-refractivity contribution in [2.24, 2.45) is 0 Å². The van der Waals surface area contributed by atoms with Crippen molar-refractivity contribution in [1.29, 1.82) is 0 Å². The summed E-state index contributed by atoms with van der Waals surface area (Å²) in [6, 6.07) is 6.05. The van der Waals surface area contributed by atoms with Gasteiger partial charge in [-0.15, -0.1) is 0 Å². The molecule has 1 aromatic carbocycles. The molecular formula is C15H21NO4. The SMILES string of the molecule is CC(NCC1(O)CCOC1C)c1ccc2c(c1)OCO2. The summed E-state index contributed by atoms with van der Waals surface area (Å²) in [6.07, 6.45) is 0.550. The van der Waals surface area contributed by atoms with Gasteiger partial charge < -0.3 is 24.6 Å². The van der Waals surface area contributed by atoms with Crippen LogP contribution in [0.3, 0.4) is 0 Å². The second-order valence-corrected chi connectivity index (χ2v) is 5.58. The van der Waals surface area contributed by atoms with E-state index in [0.717, 1.165) is 17.1 Å². The van der Waals surface area contributed by atoms with Crippen molar-refractivity contribution in [3.05, 3.63) is 23.8 Å². The van der Waals surface area contributed by atoms with Crippen LogP contribution in [-0.2, 0) is 4.74 Å². The number of ether oxygens (including phenoxy) is 3. The Labute approximate surface area is 118 Å². The summed E-state index contributed by atoms with van der Waals surface area (Å²) in [5, 5.41) is 13.9. The maximum Gasteiger partial charge on any atom is 0.231 e. The monoisotopic (exact) mass is 279 g/mol. The Morgan fingerprint density at radius 1 is 1.40 bits per heavy atom. The molecule has 3 rings (SSSR count). The predicted octanol–water partition coefficient (Wildman–Crippen LogP) is 1.61. The summed E-state index contributed by atoms with van der Waals surface area (Å²) in [5.74, 6) is 1.57. The summed E-state index contributed by atoms with van der Waals surface area (Å²) in [4.78, 5) is 0. The fourth-order valence-corrected chi connectivity index (χ4v) is 2.63. The molecule has 0 amide bonds. The second-order valence-electron chi connectivity index (χ2n) is 5.58. The van der Waals surface area contributed by atoms with Crippen LogP contribution in [0.5, 0.6) is 11.5 Å². The standard InChI is InChI=1S/C15H21NO4/c1-10(16-8-15(17)5-6-18-11(15)2)12-3-4-13-14(7-12)20-9-19-13/h3-4,7,10-11,16-17H,5-6,8-9H2,1-2H3. The zero-order chi connectivity index (χ0) is 14.2. The van der Waals surface area contributed by atoms with Crippen LogP contribution < -0.4 is 14.8 Å². The molecule has 2 N–H and O–H groups in total. The Bertz CT molecular complexity index is 493. The number of rotatable bonds is 4. The van der Waals surface area contributed by atoms with E-state index < -0.39 is 5.60 Å². The van der Waals surface area contributed by atoms with Gasteiger partial charge in [0.15, 0.2) is 11.5 Å². The lowest BCUT2D eigenvalue weighted by Crippen LogP contribution is -2.46. The maximum absolute atomic E-state index is 10.5. The van der Waals surface area contributed by atoms with Crippen LogP contribution in [0.1, 0.15) is 31.9 Å². The molecule has 110 valence electrons. The first-order valence-electron chi connectivity index (χ1n) is 7.05. The normalized spacial score (nSPS) is 29.6. The molecule has 0 bridgehead atoms. The van der Waals surface area contributed by atoms with Crippen molar-refractivity contribution in [1.82, 2.24) is 5.32 Å². The number of benzene rings is 1. The lowest BCUT2D eigenvalue weighted by molar-refractivity contribution is -0.0274. The van der Waals surface area contributed by atoms with Gasteiger partial charge in [0.05, 0.1) is 6.10 Å². The second kappa shape index (κ2) is 5.24. The fraction of sp³-hybridized carbons (Fsp3) is 0.600. The van der Waals surface area contributed by atoms with Gasteiger partial charge in [0.25, 0.3) is 0 Å². The van der Waals surface area contributed by atoms with Crippen LogP contribution in [0.4, 0.5) is 0 Å². The zero-order valence-electron chi connectivity index (χ0n) is 11.9. The number of hydrogen-bond donors (Lipinski definition) is 2. The molecule has 0 radical (unpaired) electrons. The van der Waals surface area contributed by atoms with Crippen LogP contribution in [0.2, 0.25) is 0 Å². The highest BCUT2D eigenvalue weighted by atomic mass is 16.7. The molecule has 2 aliphatic heterocycles. The van der Waals surface area contributed by atoms with E-state index in [0.29, 0.717) is 19.6 Å². The molecule has 20 heavy (non-hydrogen) atoms. The van der Waals surface area contributed by atoms with Gasteiger partial charge >= 0.3 is 0 Å². The Balaban J connectivity index is 1.63. The number of nitrogens with one attached hydrogen (secondary N) is 1. The first kappa shape index (κ1) is 13.7. The van der Waals surface area contributed by atoms with Gasteiger partial charge in [0.2, 0.25) is 6.79 Å². The van der Waals surface area contributed by atoms with E-state index in [4.69, 9.17) is 14.2 Å². The molecule has 0 spiro atoms. The Morgan fingerprint density at radius 3 is 2.95 bits per heavy atom. The predicted molar refractivity (Wildman–Crippen MR) is 74.0 cm³/mol. The van der Waals surface area contributed by atoms with Gasteiger partial charge in [-0.25, -0.2) is 0 Å². The van der Waals surface area contributed by atoms with Crippen molar-refractivity contribution in [3.63, 3.8) is 0 Å². The molecule has 3 unspecified atom stereocenters. The highest BCUT2D eigenvalue weighted by molar-refractivity contribution is 5.45. The summed E-state index contributed by atoms with van der Waals surface area (Å²) in [7, 11) is 0. The molecule has 5 nitrogen and oxygen atoms in total. The summed E-state index contributed by atoms with van der Waals surface area (Å²) < 4.78 is 16.1. The molecule has 2 aliphatic rings. The van der Waals surface area contributed by atoms with Gasteiger partial charge in [-0.2, -0.15) is 0 Å². The average molecular weight is 279 g/mol. The van der Waals surface area contributed by atoms with Gasteiger partial charge in [0, 0.05) is 25.6 Å². The van der Waals surface area contributed by atoms with E-state index in [1.807, 2.05) is 25.1 Å². The highest BCUT2D eigenvalue weighted by Gasteiger charge is 2.39. The third kappa shape index (κ3) is 2.49. The van der Waals surface area contributed by atoms with Crippen molar-refractivity contribution in [2.45, 2.75) is 38.0 Å².